The molecule has 0 aliphatic carbocycles. The van der Waals surface area contributed by atoms with Crippen LogP contribution in [0.2, 0.25) is 0 Å². The minimum atomic E-state index is -3.07. The van der Waals surface area contributed by atoms with Gasteiger partial charge in [-0.3, -0.25) is 0 Å². The first-order valence-electron chi connectivity index (χ1n) is 4.50. The third-order valence-corrected chi connectivity index (χ3v) is 3.32. The van der Waals surface area contributed by atoms with Crippen LogP contribution in [0.5, 0.6) is 0 Å². The van der Waals surface area contributed by atoms with Crippen molar-refractivity contribution in [1.29, 1.82) is 0 Å². The Morgan fingerprint density at radius 3 is 2.54 bits per heavy atom. The second-order valence-corrected chi connectivity index (χ2v) is 4.99. The highest BCUT2D eigenvalue weighted by Crippen LogP contribution is 1.96. The lowest BCUT2D eigenvalue weighted by molar-refractivity contribution is 0.188. The average molecular weight is 209 g/mol. The van der Waals surface area contributed by atoms with Crippen LogP contribution in [-0.4, -0.2) is 33.9 Å². The first-order valence-corrected chi connectivity index (χ1v) is 6.16. The van der Waals surface area contributed by atoms with Gasteiger partial charge in [-0.15, -0.1) is 0 Å². The van der Waals surface area contributed by atoms with Gasteiger partial charge < -0.3 is 4.74 Å². The third-order valence-electron chi connectivity index (χ3n) is 1.61. The van der Waals surface area contributed by atoms with Crippen molar-refractivity contribution >= 4 is 10.0 Å². The molecule has 13 heavy (non-hydrogen) atoms. The minimum Gasteiger partial charge on any atom is -0.385 e. The van der Waals surface area contributed by atoms with Gasteiger partial charge in [0.15, 0.2) is 0 Å². The lowest BCUT2D eigenvalue weighted by atomic mass is 10.3. The van der Waals surface area contributed by atoms with Gasteiger partial charge in [-0.1, -0.05) is 6.92 Å². The molecule has 1 N–H and O–H groups in total. The summed E-state index contributed by atoms with van der Waals surface area (Å²) in [5, 5.41) is 0. The van der Waals surface area contributed by atoms with Crippen molar-refractivity contribution in [2.75, 3.05) is 19.5 Å². The number of hydrogen-bond donors (Lipinski definition) is 1. The summed E-state index contributed by atoms with van der Waals surface area (Å²) in [7, 11) is -1.46. The molecule has 0 aliphatic heterocycles. The van der Waals surface area contributed by atoms with E-state index >= 15 is 0 Å². The second kappa shape index (κ2) is 6.34. The van der Waals surface area contributed by atoms with E-state index in [9.17, 15) is 8.42 Å². The molecule has 5 heteroatoms. The molecule has 1 atom stereocenters. The molecule has 0 rings (SSSR count). The lowest BCUT2D eigenvalue weighted by Crippen LogP contribution is -2.34. The fourth-order valence-corrected chi connectivity index (χ4v) is 2.37. The van der Waals surface area contributed by atoms with Crippen molar-refractivity contribution in [3.8, 4) is 0 Å². The van der Waals surface area contributed by atoms with Crippen molar-refractivity contribution in [2.45, 2.75) is 32.7 Å². The van der Waals surface area contributed by atoms with Gasteiger partial charge in [-0.25, -0.2) is 13.1 Å². The topological polar surface area (TPSA) is 55.4 Å². The quantitative estimate of drug-likeness (QED) is 0.673. The molecule has 0 spiro atoms. The van der Waals surface area contributed by atoms with E-state index in [4.69, 9.17) is 4.74 Å². The SMILES string of the molecule is CCCS(=O)(=O)NC(C)CCOC. The summed E-state index contributed by atoms with van der Waals surface area (Å²) in [6.07, 6.45) is 1.35. The zero-order chi connectivity index (χ0) is 10.3. The van der Waals surface area contributed by atoms with Crippen LogP contribution in [0, 0.1) is 0 Å². The summed E-state index contributed by atoms with van der Waals surface area (Å²) in [6.45, 7) is 4.26. The highest BCUT2D eigenvalue weighted by molar-refractivity contribution is 7.89. The van der Waals surface area contributed by atoms with Crippen LogP contribution in [0.3, 0.4) is 0 Å². The summed E-state index contributed by atoms with van der Waals surface area (Å²) in [5.41, 5.74) is 0. The van der Waals surface area contributed by atoms with Crippen LogP contribution in [0.15, 0.2) is 0 Å². The Balaban J connectivity index is 3.82. The van der Waals surface area contributed by atoms with E-state index < -0.39 is 10.0 Å². The van der Waals surface area contributed by atoms with Crippen LogP contribution in [0.4, 0.5) is 0 Å². The van der Waals surface area contributed by atoms with E-state index in [1.807, 2.05) is 13.8 Å². The molecule has 0 amide bonds. The van der Waals surface area contributed by atoms with Crippen molar-refractivity contribution in [3.05, 3.63) is 0 Å². The Morgan fingerprint density at radius 2 is 2.08 bits per heavy atom. The minimum absolute atomic E-state index is 0.0449. The van der Waals surface area contributed by atoms with Crippen LogP contribution in [-0.2, 0) is 14.8 Å². The van der Waals surface area contributed by atoms with E-state index in [-0.39, 0.29) is 11.8 Å². The molecule has 0 radical (unpaired) electrons. The smallest absolute Gasteiger partial charge is 0.211 e. The predicted molar refractivity (Wildman–Crippen MR) is 53.2 cm³/mol. The Hall–Kier alpha value is -0.130. The van der Waals surface area contributed by atoms with Gasteiger partial charge in [0.25, 0.3) is 0 Å². The normalized spacial score (nSPS) is 14.4. The van der Waals surface area contributed by atoms with Gasteiger partial charge in [-0.2, -0.15) is 0 Å². The lowest BCUT2D eigenvalue weighted by Gasteiger charge is -2.12. The zero-order valence-corrected chi connectivity index (χ0v) is 9.36. The Labute approximate surface area is 80.7 Å². The molecule has 0 saturated heterocycles. The standard InChI is InChI=1S/C8H19NO3S/c1-4-7-13(10,11)9-8(2)5-6-12-3/h8-9H,4-7H2,1-3H3. The second-order valence-electron chi connectivity index (χ2n) is 3.12. The van der Waals surface area contributed by atoms with E-state index in [0.717, 1.165) is 0 Å². The molecule has 0 saturated carbocycles. The highest BCUT2D eigenvalue weighted by atomic mass is 32.2. The maximum atomic E-state index is 11.3. The fraction of sp³-hybridized carbons (Fsp3) is 1.00. The van der Waals surface area contributed by atoms with E-state index in [2.05, 4.69) is 4.72 Å². The number of nitrogens with one attached hydrogen (secondary N) is 1. The van der Waals surface area contributed by atoms with Crippen molar-refractivity contribution in [2.24, 2.45) is 0 Å². The predicted octanol–water partition coefficient (Wildman–Crippen LogP) is 0.741. The number of sulfonamides is 1. The molecule has 0 fully saturated rings. The summed E-state index contributed by atoms with van der Waals surface area (Å²) in [6, 6.07) is -0.0449. The van der Waals surface area contributed by atoms with Gasteiger partial charge in [0.1, 0.15) is 0 Å². The summed E-state index contributed by atoms with van der Waals surface area (Å²) < 4.78 is 29.9. The van der Waals surface area contributed by atoms with Gasteiger partial charge >= 0.3 is 0 Å². The third kappa shape index (κ3) is 6.98. The van der Waals surface area contributed by atoms with Crippen LogP contribution in [0.25, 0.3) is 0 Å². The summed E-state index contributed by atoms with van der Waals surface area (Å²) in [5.74, 6) is 0.199. The molecule has 0 aromatic rings. The van der Waals surface area contributed by atoms with Crippen molar-refractivity contribution < 1.29 is 13.2 Å². The Bertz CT molecular complexity index is 213. The van der Waals surface area contributed by atoms with Crippen molar-refractivity contribution in [1.82, 2.24) is 4.72 Å². The largest absolute Gasteiger partial charge is 0.385 e. The first kappa shape index (κ1) is 12.9. The van der Waals surface area contributed by atoms with Crippen LogP contribution in [0.1, 0.15) is 26.7 Å². The van der Waals surface area contributed by atoms with Gasteiger partial charge in [0, 0.05) is 19.8 Å². The molecule has 80 valence electrons. The molecule has 0 aromatic heterocycles. The monoisotopic (exact) mass is 209 g/mol. The molecule has 0 bridgehead atoms. The first-order chi connectivity index (χ1) is 6.02. The molecule has 4 nitrogen and oxygen atoms in total. The fourth-order valence-electron chi connectivity index (χ4n) is 0.988. The molecule has 1 unspecified atom stereocenters. The maximum absolute atomic E-state index is 11.3. The molecular formula is C8H19NO3S. The Morgan fingerprint density at radius 1 is 1.46 bits per heavy atom. The number of rotatable bonds is 7. The molecule has 0 aromatic carbocycles. The van der Waals surface area contributed by atoms with Crippen molar-refractivity contribution in [3.63, 3.8) is 0 Å². The highest BCUT2D eigenvalue weighted by Gasteiger charge is 2.12. The van der Waals surface area contributed by atoms with Gasteiger partial charge in [0.05, 0.1) is 5.75 Å². The number of methoxy groups -OCH3 is 1. The number of hydrogen-bond acceptors (Lipinski definition) is 3. The average Bonchev–Trinajstić information content (AvgIpc) is 1.99. The number of ether oxygens (including phenoxy) is 1. The van der Waals surface area contributed by atoms with Gasteiger partial charge in [0.2, 0.25) is 10.0 Å². The summed E-state index contributed by atoms with van der Waals surface area (Å²) >= 11 is 0. The van der Waals surface area contributed by atoms with Crippen LogP contribution >= 0.6 is 0 Å². The molecule has 0 aliphatic rings. The molecule has 0 heterocycles. The summed E-state index contributed by atoms with van der Waals surface area (Å²) in [4.78, 5) is 0. The van der Waals surface area contributed by atoms with E-state index in [1.54, 1.807) is 7.11 Å². The van der Waals surface area contributed by atoms with E-state index in [1.165, 1.54) is 0 Å². The van der Waals surface area contributed by atoms with Crippen LogP contribution < -0.4 is 4.72 Å². The Kier molecular flexibility index (Phi) is 6.28. The van der Waals surface area contributed by atoms with Gasteiger partial charge in [-0.05, 0) is 19.8 Å². The molecular weight excluding hydrogens is 190 g/mol. The van der Waals surface area contributed by atoms with E-state index in [0.29, 0.717) is 19.4 Å². The zero-order valence-electron chi connectivity index (χ0n) is 8.54. The maximum Gasteiger partial charge on any atom is 0.211 e.